The van der Waals surface area contributed by atoms with Crippen LogP contribution < -0.4 is 5.11 Å². The van der Waals surface area contributed by atoms with E-state index in [1.54, 1.807) is 24.3 Å². The lowest BCUT2D eigenvalue weighted by molar-refractivity contribution is -0.314. The lowest BCUT2D eigenvalue weighted by Gasteiger charge is -2.10. The van der Waals surface area contributed by atoms with Crippen molar-refractivity contribution >= 4 is 5.97 Å². The van der Waals surface area contributed by atoms with Crippen LogP contribution in [0, 0.1) is 0 Å². The minimum absolute atomic E-state index is 0.100. The van der Waals surface area contributed by atoms with E-state index >= 15 is 0 Å². The van der Waals surface area contributed by atoms with Gasteiger partial charge >= 0.3 is 0 Å². The molecule has 0 fully saturated rings. The summed E-state index contributed by atoms with van der Waals surface area (Å²) < 4.78 is 0. The number of rotatable bonds is 3. The Balaban J connectivity index is 0. The fraction of sp³-hybridized carbons (Fsp3) is 0.364. The Morgan fingerprint density at radius 3 is 2.00 bits per heavy atom. The van der Waals surface area contributed by atoms with Gasteiger partial charge in [-0.2, -0.15) is 0 Å². The maximum Gasteiger partial charge on any atom is 0.0973 e. The van der Waals surface area contributed by atoms with Crippen molar-refractivity contribution in [1.29, 1.82) is 0 Å². The molecule has 0 aliphatic rings. The molecule has 0 amide bonds. The summed E-state index contributed by atoms with van der Waals surface area (Å²) in [6, 6.07) is 8.92. The van der Waals surface area contributed by atoms with Gasteiger partial charge in [-0.25, -0.2) is 0 Å². The zero-order valence-electron chi connectivity index (χ0n) is 9.33. The van der Waals surface area contributed by atoms with Crippen molar-refractivity contribution in [1.82, 2.24) is 0 Å². The van der Waals surface area contributed by atoms with Gasteiger partial charge in [-0.15, -0.1) is 0 Å². The van der Waals surface area contributed by atoms with E-state index in [1.807, 2.05) is 6.07 Å². The lowest BCUT2D eigenvalue weighted by Crippen LogP contribution is -2.36. The molecule has 0 aromatic heterocycles. The summed E-state index contributed by atoms with van der Waals surface area (Å²) in [6.07, 6.45) is -1.31. The molecule has 1 atom stereocenters. The number of carbonyl (C=O) groups excluding carboxylic acids is 1. The highest BCUT2D eigenvalue weighted by Crippen LogP contribution is 2.01. The zero-order valence-corrected chi connectivity index (χ0v) is 9.33. The van der Waals surface area contributed by atoms with E-state index in [0.29, 0.717) is 0 Å². The molecule has 3 N–H and O–H groups in total. The van der Waals surface area contributed by atoms with Gasteiger partial charge in [-0.3, -0.25) is 0 Å². The number of aliphatic hydroxyl groups excluding tert-OH is 3. The van der Waals surface area contributed by atoms with Crippen molar-refractivity contribution < 1.29 is 25.2 Å². The standard InChI is InChI=1S/C9H10O3.2CH4O/c10-8(9(11)12)6-7-4-2-1-3-5-7;2*1-2/h1-5,8,10H,6H2,(H,11,12);2*2H,1H3/p-1. The summed E-state index contributed by atoms with van der Waals surface area (Å²) in [7, 11) is 2.00. The van der Waals surface area contributed by atoms with E-state index < -0.39 is 12.1 Å². The molecule has 0 bridgehead atoms. The number of hydrogen-bond acceptors (Lipinski definition) is 5. The number of benzene rings is 1. The molecule has 0 saturated heterocycles. The van der Waals surface area contributed by atoms with E-state index in [9.17, 15) is 9.90 Å². The molecule has 1 rings (SSSR count). The number of carbonyl (C=O) groups is 1. The van der Waals surface area contributed by atoms with Crippen molar-refractivity contribution in [3.8, 4) is 0 Å². The van der Waals surface area contributed by atoms with Crippen molar-refractivity contribution in [3.05, 3.63) is 35.9 Å². The van der Waals surface area contributed by atoms with Crippen LogP contribution in [0.3, 0.4) is 0 Å². The quantitative estimate of drug-likeness (QED) is 0.589. The topological polar surface area (TPSA) is 101 Å². The van der Waals surface area contributed by atoms with E-state index in [0.717, 1.165) is 19.8 Å². The van der Waals surface area contributed by atoms with Crippen molar-refractivity contribution in [2.45, 2.75) is 12.5 Å². The molecule has 0 aliphatic heterocycles. The second-order valence-corrected chi connectivity index (χ2v) is 2.52. The molecule has 1 unspecified atom stereocenters. The first-order valence-corrected chi connectivity index (χ1v) is 4.52. The first-order chi connectivity index (χ1) is 7.70. The third-order valence-electron chi connectivity index (χ3n) is 1.54. The fourth-order valence-electron chi connectivity index (χ4n) is 0.921. The van der Waals surface area contributed by atoms with Gasteiger partial charge < -0.3 is 25.2 Å². The molecule has 1 aromatic carbocycles. The summed E-state index contributed by atoms with van der Waals surface area (Å²) in [5, 5.41) is 33.1. The minimum Gasteiger partial charge on any atom is -0.547 e. The van der Waals surface area contributed by atoms with Crippen LogP contribution in [0.2, 0.25) is 0 Å². The number of hydrogen-bond donors (Lipinski definition) is 3. The van der Waals surface area contributed by atoms with Crippen LogP contribution in [-0.2, 0) is 11.2 Å². The minimum atomic E-state index is -1.43. The Morgan fingerprint density at radius 2 is 1.62 bits per heavy atom. The van der Waals surface area contributed by atoms with Crippen LogP contribution in [0.1, 0.15) is 5.56 Å². The van der Waals surface area contributed by atoms with Crippen LogP contribution >= 0.6 is 0 Å². The maximum atomic E-state index is 10.1. The summed E-state index contributed by atoms with van der Waals surface area (Å²) in [4.78, 5) is 10.1. The van der Waals surface area contributed by atoms with E-state index in [4.69, 9.17) is 15.3 Å². The molecular weight excluding hydrogens is 212 g/mol. The van der Waals surface area contributed by atoms with Gasteiger partial charge in [-0.05, 0) is 5.56 Å². The number of aliphatic carboxylic acids is 1. The van der Waals surface area contributed by atoms with E-state index in [-0.39, 0.29) is 6.42 Å². The lowest BCUT2D eigenvalue weighted by atomic mass is 10.1. The van der Waals surface area contributed by atoms with Crippen molar-refractivity contribution in [3.63, 3.8) is 0 Å². The Hall–Kier alpha value is -1.43. The SMILES string of the molecule is CO.CO.O=C([O-])C(O)Cc1ccccc1. The molecule has 5 heteroatoms. The summed E-state index contributed by atoms with van der Waals surface area (Å²) in [5.74, 6) is -1.43. The molecule has 0 heterocycles. The third kappa shape index (κ3) is 7.93. The highest BCUT2D eigenvalue weighted by atomic mass is 16.4. The van der Waals surface area contributed by atoms with Crippen LogP contribution in [0.15, 0.2) is 30.3 Å². The van der Waals surface area contributed by atoms with Crippen LogP contribution in [0.5, 0.6) is 0 Å². The van der Waals surface area contributed by atoms with Gasteiger partial charge in [0.15, 0.2) is 0 Å². The highest BCUT2D eigenvalue weighted by molar-refractivity contribution is 5.70. The van der Waals surface area contributed by atoms with Crippen LogP contribution in [-0.4, -0.2) is 41.6 Å². The normalized spacial score (nSPS) is 10.1. The van der Waals surface area contributed by atoms with Crippen LogP contribution in [0.25, 0.3) is 0 Å². The summed E-state index contributed by atoms with van der Waals surface area (Å²) >= 11 is 0. The van der Waals surface area contributed by atoms with Gasteiger partial charge in [-0.1, -0.05) is 30.3 Å². The predicted octanol–water partition coefficient (Wildman–Crippen LogP) is -1.44. The molecule has 92 valence electrons. The van der Waals surface area contributed by atoms with Gasteiger partial charge in [0.05, 0.1) is 12.1 Å². The van der Waals surface area contributed by atoms with Gasteiger partial charge in [0, 0.05) is 20.6 Å². The first-order valence-electron chi connectivity index (χ1n) is 4.52. The summed E-state index contributed by atoms with van der Waals surface area (Å²) in [6.45, 7) is 0. The summed E-state index contributed by atoms with van der Waals surface area (Å²) in [5.41, 5.74) is 0.786. The molecule has 0 spiro atoms. The second kappa shape index (κ2) is 11.6. The van der Waals surface area contributed by atoms with E-state index in [1.165, 1.54) is 0 Å². The Labute approximate surface area is 94.6 Å². The van der Waals surface area contributed by atoms with Gasteiger partial charge in [0.25, 0.3) is 0 Å². The average Bonchev–Trinajstić information content (AvgIpc) is 2.35. The maximum absolute atomic E-state index is 10.1. The predicted molar refractivity (Wildman–Crippen MR) is 57.4 cm³/mol. The zero-order chi connectivity index (χ0) is 13.0. The molecule has 0 aliphatic carbocycles. The number of aliphatic hydroxyl groups is 3. The number of carboxylic acid groups (broad SMARTS) is 1. The molecule has 1 aromatic rings. The number of carboxylic acids is 1. The molecule has 0 saturated carbocycles. The average molecular weight is 229 g/mol. The Morgan fingerprint density at radius 1 is 1.19 bits per heavy atom. The first kappa shape index (κ1) is 17.0. The Bertz CT molecular complexity index is 260. The van der Waals surface area contributed by atoms with Gasteiger partial charge in [0.1, 0.15) is 0 Å². The molecule has 0 radical (unpaired) electrons. The van der Waals surface area contributed by atoms with Crippen molar-refractivity contribution in [2.24, 2.45) is 0 Å². The second-order valence-electron chi connectivity index (χ2n) is 2.52. The largest absolute Gasteiger partial charge is 0.547 e. The molecule has 16 heavy (non-hydrogen) atoms. The smallest absolute Gasteiger partial charge is 0.0973 e. The third-order valence-corrected chi connectivity index (χ3v) is 1.54. The van der Waals surface area contributed by atoms with E-state index in [2.05, 4.69) is 0 Å². The van der Waals surface area contributed by atoms with Gasteiger partial charge in [0.2, 0.25) is 0 Å². The molecular formula is C11H17O5-. The van der Waals surface area contributed by atoms with Crippen molar-refractivity contribution in [2.75, 3.05) is 14.2 Å². The monoisotopic (exact) mass is 229 g/mol. The molecule has 5 nitrogen and oxygen atoms in total. The Kier molecular flexibility index (Phi) is 12.4. The highest BCUT2D eigenvalue weighted by Gasteiger charge is 2.04. The van der Waals surface area contributed by atoms with Crippen LogP contribution in [0.4, 0.5) is 0 Å². The fourth-order valence-corrected chi connectivity index (χ4v) is 0.921.